The molecule has 1 rings (SSSR count). The summed E-state index contributed by atoms with van der Waals surface area (Å²) >= 11 is 0. The van der Waals surface area contributed by atoms with Crippen LogP contribution in [0.5, 0.6) is 0 Å². The van der Waals surface area contributed by atoms with Crippen LogP contribution in [0.2, 0.25) is 0 Å². The number of nitro groups is 1. The summed E-state index contributed by atoms with van der Waals surface area (Å²) in [6, 6.07) is 1.44. The quantitative estimate of drug-likeness (QED) is 0.425. The monoisotopic (exact) mass is 127 g/mol. The number of rotatable bonds is 1. The maximum Gasteiger partial charge on any atom is 0.343 e. The molecule has 1 aromatic rings. The van der Waals surface area contributed by atoms with Gasteiger partial charge in [-0.2, -0.15) is 0 Å². The highest BCUT2D eigenvalue weighted by molar-refractivity contribution is 5.52. The third-order valence-corrected chi connectivity index (χ3v) is 0.939. The van der Waals surface area contributed by atoms with Gasteiger partial charge in [0.05, 0.1) is 6.20 Å². The van der Waals surface area contributed by atoms with Crippen LogP contribution >= 0.6 is 0 Å². The molecule has 0 saturated carbocycles. The van der Waals surface area contributed by atoms with Crippen LogP contribution in [-0.4, -0.2) is 9.91 Å². The third kappa shape index (κ3) is 0.835. The van der Waals surface area contributed by atoms with Crippen LogP contribution in [-0.2, 0) is 0 Å². The van der Waals surface area contributed by atoms with E-state index in [0.29, 0.717) is 0 Å². The van der Waals surface area contributed by atoms with Crippen molar-refractivity contribution in [3.8, 4) is 0 Å². The molecule has 0 aromatic carbocycles. The fraction of sp³-hybridized carbons (Fsp3) is 0. The highest BCUT2D eigenvalue weighted by Crippen LogP contribution is 2.16. The molecular weight excluding hydrogens is 122 g/mol. The average molecular weight is 127 g/mol. The van der Waals surface area contributed by atoms with Gasteiger partial charge in [0, 0.05) is 6.07 Å². The van der Waals surface area contributed by atoms with E-state index < -0.39 is 4.92 Å². The maximum absolute atomic E-state index is 9.98. The minimum Gasteiger partial charge on any atom is -0.392 e. The van der Waals surface area contributed by atoms with Crippen LogP contribution in [0.1, 0.15) is 0 Å². The number of aromatic amines is 1. The van der Waals surface area contributed by atoms with Gasteiger partial charge in [0.25, 0.3) is 0 Å². The number of aromatic nitrogens is 1. The van der Waals surface area contributed by atoms with Crippen molar-refractivity contribution in [3.63, 3.8) is 0 Å². The van der Waals surface area contributed by atoms with E-state index in [2.05, 4.69) is 4.98 Å². The zero-order valence-electron chi connectivity index (χ0n) is 4.50. The number of nitrogens with zero attached hydrogens (tertiary/aromatic N) is 1. The van der Waals surface area contributed by atoms with Gasteiger partial charge in [0.15, 0.2) is 0 Å². The minimum absolute atomic E-state index is 0.144. The van der Waals surface area contributed by atoms with Crippen LogP contribution in [0, 0.1) is 10.1 Å². The number of hydrogen-bond acceptors (Lipinski definition) is 3. The summed E-state index contributed by atoms with van der Waals surface area (Å²) in [5.41, 5.74) is 5.34. The Morgan fingerprint density at radius 1 is 1.78 bits per heavy atom. The first-order valence-corrected chi connectivity index (χ1v) is 2.29. The van der Waals surface area contributed by atoms with E-state index in [0.717, 1.165) is 0 Å². The first kappa shape index (κ1) is 5.61. The van der Waals surface area contributed by atoms with Crippen LogP contribution in [0.15, 0.2) is 12.3 Å². The number of nitrogens with one attached hydrogen (secondary N) is 1. The van der Waals surface area contributed by atoms with Crippen molar-refractivity contribution in [2.75, 3.05) is 5.73 Å². The lowest BCUT2D eigenvalue weighted by molar-refractivity contribution is -0.388. The Hall–Kier alpha value is -1.52. The molecule has 0 saturated heterocycles. The van der Waals surface area contributed by atoms with E-state index in [1.165, 1.54) is 12.3 Å². The molecule has 0 amide bonds. The van der Waals surface area contributed by atoms with Gasteiger partial charge in [-0.1, -0.05) is 0 Å². The fourth-order valence-electron chi connectivity index (χ4n) is 0.531. The molecule has 48 valence electrons. The Labute approximate surface area is 50.6 Å². The Balaban J connectivity index is 3.08. The van der Waals surface area contributed by atoms with Crippen LogP contribution in [0.25, 0.3) is 0 Å². The van der Waals surface area contributed by atoms with Gasteiger partial charge in [0.1, 0.15) is 5.69 Å². The lowest BCUT2D eigenvalue weighted by Gasteiger charge is -1.88. The van der Waals surface area contributed by atoms with Gasteiger partial charge in [-0.3, -0.25) is 0 Å². The lowest BCUT2D eigenvalue weighted by atomic mass is 10.5. The molecule has 0 aliphatic heterocycles. The van der Waals surface area contributed by atoms with Crippen LogP contribution in [0.3, 0.4) is 0 Å². The van der Waals surface area contributed by atoms with Crippen molar-refractivity contribution in [2.24, 2.45) is 0 Å². The molecule has 0 atom stereocenters. The first-order chi connectivity index (χ1) is 4.22. The average Bonchev–Trinajstić information content (AvgIpc) is 2.13. The van der Waals surface area contributed by atoms with E-state index in [-0.39, 0.29) is 11.5 Å². The second kappa shape index (κ2) is 1.77. The Morgan fingerprint density at radius 2 is 2.44 bits per heavy atom. The molecule has 0 spiro atoms. The Morgan fingerprint density at radius 3 is 2.67 bits per heavy atom. The van der Waals surface area contributed by atoms with Crippen molar-refractivity contribution < 1.29 is 4.92 Å². The zero-order valence-corrected chi connectivity index (χ0v) is 4.50. The number of nitrogen functional groups attached to an aromatic ring is 1. The molecule has 0 bridgehead atoms. The standard InChI is InChI=1S/C4H5N3O2/c5-3-1-2-6-4(3)7(8)9/h1-2,6H,5H2. The largest absolute Gasteiger partial charge is 0.392 e. The van der Waals surface area contributed by atoms with Gasteiger partial charge in [-0.25, -0.2) is 4.98 Å². The minimum atomic E-state index is -0.560. The van der Waals surface area contributed by atoms with Crippen molar-refractivity contribution in [1.82, 2.24) is 4.98 Å². The maximum atomic E-state index is 9.98. The molecule has 0 radical (unpaired) electrons. The van der Waals surface area contributed by atoms with E-state index in [1.54, 1.807) is 0 Å². The predicted molar refractivity (Wildman–Crippen MR) is 31.9 cm³/mol. The highest BCUT2D eigenvalue weighted by Gasteiger charge is 2.07. The smallest absolute Gasteiger partial charge is 0.343 e. The Bertz CT molecular complexity index is 229. The molecule has 3 N–H and O–H groups in total. The normalized spacial score (nSPS) is 9.33. The van der Waals surface area contributed by atoms with E-state index in [9.17, 15) is 10.1 Å². The Kier molecular flexibility index (Phi) is 1.11. The topological polar surface area (TPSA) is 85.0 Å². The van der Waals surface area contributed by atoms with Crippen molar-refractivity contribution in [3.05, 3.63) is 22.4 Å². The van der Waals surface area contributed by atoms with E-state index in [1.807, 2.05) is 0 Å². The van der Waals surface area contributed by atoms with Crippen LogP contribution in [0.4, 0.5) is 11.5 Å². The van der Waals surface area contributed by atoms with E-state index >= 15 is 0 Å². The molecule has 1 heterocycles. The number of H-pyrrole nitrogens is 1. The summed E-state index contributed by atoms with van der Waals surface area (Å²) in [5.74, 6) is -0.144. The molecule has 0 aliphatic rings. The summed E-state index contributed by atoms with van der Waals surface area (Å²) in [6.07, 6.45) is 1.42. The molecule has 0 unspecified atom stereocenters. The molecule has 5 nitrogen and oxygen atoms in total. The SMILES string of the molecule is Nc1cc[nH]c1[N+](=O)[O-]. The molecular formula is C4H5N3O2. The number of anilines is 1. The van der Waals surface area contributed by atoms with E-state index in [4.69, 9.17) is 5.73 Å². The summed E-state index contributed by atoms with van der Waals surface area (Å²) in [5, 5.41) is 9.98. The molecule has 1 aromatic heterocycles. The third-order valence-electron chi connectivity index (χ3n) is 0.939. The number of nitrogens with two attached hydrogens (primary N) is 1. The summed E-state index contributed by atoms with van der Waals surface area (Å²) in [4.78, 5) is 11.8. The highest BCUT2D eigenvalue weighted by atomic mass is 16.6. The molecule has 0 aliphatic carbocycles. The first-order valence-electron chi connectivity index (χ1n) is 2.29. The second-order valence-electron chi connectivity index (χ2n) is 1.54. The fourth-order valence-corrected chi connectivity index (χ4v) is 0.531. The second-order valence-corrected chi connectivity index (χ2v) is 1.54. The van der Waals surface area contributed by atoms with Gasteiger partial charge < -0.3 is 15.8 Å². The van der Waals surface area contributed by atoms with Crippen molar-refractivity contribution in [2.45, 2.75) is 0 Å². The summed E-state index contributed by atoms with van der Waals surface area (Å²) in [6.45, 7) is 0. The van der Waals surface area contributed by atoms with Gasteiger partial charge in [-0.05, 0) is 4.92 Å². The molecule has 0 fully saturated rings. The number of hydrogen-bond donors (Lipinski definition) is 2. The van der Waals surface area contributed by atoms with Gasteiger partial charge >= 0.3 is 5.82 Å². The summed E-state index contributed by atoms with van der Waals surface area (Å²) in [7, 11) is 0. The lowest BCUT2D eigenvalue weighted by Crippen LogP contribution is -1.92. The van der Waals surface area contributed by atoms with Crippen LogP contribution < -0.4 is 5.73 Å². The zero-order chi connectivity index (χ0) is 6.85. The van der Waals surface area contributed by atoms with Crippen molar-refractivity contribution in [1.29, 1.82) is 0 Å². The summed E-state index contributed by atoms with van der Waals surface area (Å²) < 4.78 is 0. The molecule has 5 heteroatoms. The molecule has 9 heavy (non-hydrogen) atoms. The van der Waals surface area contributed by atoms with Gasteiger partial charge in [0.2, 0.25) is 0 Å². The predicted octanol–water partition coefficient (Wildman–Crippen LogP) is 0.505. The van der Waals surface area contributed by atoms with Gasteiger partial charge in [-0.15, -0.1) is 0 Å². The van der Waals surface area contributed by atoms with Crippen molar-refractivity contribution >= 4 is 11.5 Å².